The third kappa shape index (κ3) is 3.15. The molecule has 1 aromatic heterocycles. The summed E-state index contributed by atoms with van der Waals surface area (Å²) >= 11 is 7.92. The lowest BCUT2D eigenvalue weighted by molar-refractivity contribution is 0.0572. The van der Waals surface area contributed by atoms with Gasteiger partial charge in [0.15, 0.2) is 0 Å². The van der Waals surface area contributed by atoms with Gasteiger partial charge in [0.2, 0.25) is 0 Å². The molecule has 0 aromatic carbocycles. The number of aromatic amines is 1. The summed E-state index contributed by atoms with van der Waals surface area (Å²) in [6, 6.07) is 2.42. The fourth-order valence-electron chi connectivity index (χ4n) is 2.96. The van der Waals surface area contributed by atoms with Crippen LogP contribution in [0.4, 0.5) is 0 Å². The summed E-state index contributed by atoms with van der Waals surface area (Å²) in [5.41, 5.74) is 0.594. The van der Waals surface area contributed by atoms with E-state index >= 15 is 0 Å². The summed E-state index contributed by atoms with van der Waals surface area (Å²) in [5, 5.41) is 0.589. The fourth-order valence-corrected chi connectivity index (χ4v) is 4.31. The van der Waals surface area contributed by atoms with Crippen LogP contribution in [0.2, 0.25) is 5.02 Å². The Labute approximate surface area is 128 Å². The SMILES string of the molecule is O=C(c1cc(Cl)c[nH]1)N1CCN(C2CCCSC2)CC1. The van der Waals surface area contributed by atoms with E-state index in [1.165, 1.54) is 24.3 Å². The van der Waals surface area contributed by atoms with Crippen molar-refractivity contribution in [2.75, 3.05) is 37.7 Å². The minimum absolute atomic E-state index is 0.0644. The number of piperazine rings is 1. The molecule has 2 saturated heterocycles. The smallest absolute Gasteiger partial charge is 0.270 e. The fraction of sp³-hybridized carbons (Fsp3) is 0.643. The van der Waals surface area contributed by atoms with Crippen molar-refractivity contribution in [3.63, 3.8) is 0 Å². The first kappa shape index (κ1) is 14.3. The second-order valence-corrected chi connectivity index (χ2v) is 7.02. The number of H-pyrrole nitrogens is 1. The van der Waals surface area contributed by atoms with Crippen molar-refractivity contribution in [3.8, 4) is 0 Å². The van der Waals surface area contributed by atoms with E-state index < -0.39 is 0 Å². The molecule has 1 N–H and O–H groups in total. The standard InChI is InChI=1S/C14H20ClN3OS/c15-11-8-13(16-9-11)14(19)18-5-3-17(4-6-18)12-2-1-7-20-10-12/h8-9,12,16H,1-7,10H2. The van der Waals surface area contributed by atoms with E-state index in [1.807, 2.05) is 4.90 Å². The van der Waals surface area contributed by atoms with Crippen LogP contribution in [0.3, 0.4) is 0 Å². The highest BCUT2D eigenvalue weighted by Crippen LogP contribution is 2.23. The first-order valence-electron chi connectivity index (χ1n) is 7.19. The lowest BCUT2D eigenvalue weighted by Gasteiger charge is -2.40. The average Bonchev–Trinajstić information content (AvgIpc) is 2.94. The number of halogens is 1. The zero-order valence-electron chi connectivity index (χ0n) is 11.5. The third-order valence-electron chi connectivity index (χ3n) is 4.13. The molecule has 0 radical (unpaired) electrons. The Kier molecular flexibility index (Phi) is 4.58. The van der Waals surface area contributed by atoms with Crippen LogP contribution in [0.25, 0.3) is 0 Å². The van der Waals surface area contributed by atoms with Crippen LogP contribution in [0.15, 0.2) is 12.3 Å². The molecule has 4 nitrogen and oxygen atoms in total. The summed E-state index contributed by atoms with van der Waals surface area (Å²) in [6.45, 7) is 3.62. The molecule has 6 heteroatoms. The van der Waals surface area contributed by atoms with Crippen LogP contribution >= 0.6 is 23.4 Å². The summed E-state index contributed by atoms with van der Waals surface area (Å²) < 4.78 is 0. The van der Waals surface area contributed by atoms with E-state index in [0.29, 0.717) is 16.8 Å². The van der Waals surface area contributed by atoms with Crippen molar-refractivity contribution >= 4 is 29.3 Å². The van der Waals surface area contributed by atoms with Gasteiger partial charge in [-0.1, -0.05) is 11.6 Å². The van der Waals surface area contributed by atoms with Gasteiger partial charge in [-0.2, -0.15) is 11.8 Å². The van der Waals surface area contributed by atoms with E-state index in [2.05, 4.69) is 21.6 Å². The molecule has 0 spiro atoms. The van der Waals surface area contributed by atoms with Gasteiger partial charge in [0.25, 0.3) is 5.91 Å². The monoisotopic (exact) mass is 313 g/mol. The second kappa shape index (κ2) is 6.41. The number of thioether (sulfide) groups is 1. The molecule has 1 amide bonds. The van der Waals surface area contributed by atoms with E-state index in [-0.39, 0.29) is 5.91 Å². The number of carbonyl (C=O) groups is 1. The zero-order chi connectivity index (χ0) is 13.9. The number of nitrogens with zero attached hydrogens (tertiary/aromatic N) is 2. The van der Waals surface area contributed by atoms with Crippen molar-refractivity contribution in [3.05, 3.63) is 23.0 Å². The van der Waals surface area contributed by atoms with Crippen molar-refractivity contribution < 1.29 is 4.79 Å². The van der Waals surface area contributed by atoms with Crippen LogP contribution in [0, 0.1) is 0 Å². The Balaban J connectivity index is 1.54. The number of hydrogen-bond donors (Lipinski definition) is 1. The predicted octanol–water partition coefficient (Wildman–Crippen LogP) is 2.32. The molecular formula is C14H20ClN3OS. The predicted molar refractivity (Wildman–Crippen MR) is 83.6 cm³/mol. The Bertz CT molecular complexity index is 465. The topological polar surface area (TPSA) is 39.3 Å². The first-order chi connectivity index (χ1) is 9.74. The lowest BCUT2D eigenvalue weighted by atomic mass is 10.1. The van der Waals surface area contributed by atoms with Gasteiger partial charge in [-0.15, -0.1) is 0 Å². The maximum Gasteiger partial charge on any atom is 0.270 e. The number of amides is 1. The normalized spacial score (nSPS) is 24.9. The molecule has 1 unspecified atom stereocenters. The van der Waals surface area contributed by atoms with Crippen LogP contribution in [-0.2, 0) is 0 Å². The second-order valence-electron chi connectivity index (χ2n) is 5.43. The van der Waals surface area contributed by atoms with Gasteiger partial charge in [-0.3, -0.25) is 9.69 Å². The number of aromatic nitrogens is 1. The molecule has 20 heavy (non-hydrogen) atoms. The summed E-state index contributed by atoms with van der Waals surface area (Å²) in [6.07, 6.45) is 4.30. The molecule has 2 aliphatic rings. The Morgan fingerprint density at radius 2 is 2.15 bits per heavy atom. The van der Waals surface area contributed by atoms with Crippen molar-refractivity contribution in [1.29, 1.82) is 0 Å². The van der Waals surface area contributed by atoms with Gasteiger partial charge in [0.1, 0.15) is 5.69 Å². The molecule has 0 aliphatic carbocycles. The average molecular weight is 314 g/mol. The van der Waals surface area contributed by atoms with Crippen LogP contribution in [-0.4, -0.2) is 64.4 Å². The summed E-state index contributed by atoms with van der Waals surface area (Å²) in [4.78, 5) is 19.7. The largest absolute Gasteiger partial charge is 0.356 e. The highest BCUT2D eigenvalue weighted by molar-refractivity contribution is 7.99. The molecular weight excluding hydrogens is 294 g/mol. The Morgan fingerprint density at radius 1 is 1.35 bits per heavy atom. The molecule has 1 aromatic rings. The third-order valence-corrected chi connectivity index (χ3v) is 5.55. The number of hydrogen-bond acceptors (Lipinski definition) is 3. The Hall–Kier alpha value is -0.650. The Morgan fingerprint density at radius 3 is 2.75 bits per heavy atom. The molecule has 2 fully saturated rings. The maximum absolute atomic E-state index is 12.3. The molecule has 0 bridgehead atoms. The van der Waals surface area contributed by atoms with Crippen molar-refractivity contribution in [2.24, 2.45) is 0 Å². The number of nitrogens with one attached hydrogen (secondary N) is 1. The highest BCUT2D eigenvalue weighted by atomic mass is 35.5. The number of rotatable bonds is 2. The van der Waals surface area contributed by atoms with E-state index in [0.717, 1.165) is 26.2 Å². The van der Waals surface area contributed by atoms with Crippen molar-refractivity contribution in [2.45, 2.75) is 18.9 Å². The van der Waals surface area contributed by atoms with Gasteiger partial charge in [-0.05, 0) is 24.7 Å². The summed E-state index contributed by atoms with van der Waals surface area (Å²) in [7, 11) is 0. The molecule has 0 saturated carbocycles. The van der Waals surface area contributed by atoms with E-state index in [4.69, 9.17) is 11.6 Å². The van der Waals surface area contributed by atoms with E-state index in [9.17, 15) is 4.79 Å². The molecule has 110 valence electrons. The van der Waals surface area contributed by atoms with Gasteiger partial charge in [0, 0.05) is 44.2 Å². The van der Waals surface area contributed by atoms with Crippen LogP contribution in [0.1, 0.15) is 23.3 Å². The maximum atomic E-state index is 12.3. The molecule has 2 aliphatic heterocycles. The lowest BCUT2D eigenvalue weighted by Crippen LogP contribution is -2.53. The van der Waals surface area contributed by atoms with Gasteiger partial charge < -0.3 is 9.88 Å². The van der Waals surface area contributed by atoms with Crippen LogP contribution < -0.4 is 0 Å². The van der Waals surface area contributed by atoms with Gasteiger partial charge in [-0.25, -0.2) is 0 Å². The minimum atomic E-state index is 0.0644. The van der Waals surface area contributed by atoms with Gasteiger partial charge >= 0.3 is 0 Å². The molecule has 3 heterocycles. The quantitative estimate of drug-likeness (QED) is 0.911. The first-order valence-corrected chi connectivity index (χ1v) is 8.72. The highest BCUT2D eigenvalue weighted by Gasteiger charge is 2.27. The van der Waals surface area contributed by atoms with Crippen LogP contribution in [0.5, 0.6) is 0 Å². The van der Waals surface area contributed by atoms with Crippen molar-refractivity contribution in [1.82, 2.24) is 14.8 Å². The van der Waals surface area contributed by atoms with Gasteiger partial charge in [0.05, 0.1) is 5.02 Å². The zero-order valence-corrected chi connectivity index (χ0v) is 13.1. The van der Waals surface area contributed by atoms with E-state index in [1.54, 1.807) is 12.3 Å². The molecule has 1 atom stereocenters. The number of carbonyl (C=O) groups excluding carboxylic acids is 1. The minimum Gasteiger partial charge on any atom is -0.356 e. The molecule has 3 rings (SSSR count). The summed E-state index contributed by atoms with van der Waals surface area (Å²) in [5.74, 6) is 2.62.